The van der Waals surface area contributed by atoms with E-state index in [1.165, 1.54) is 0 Å². The molecule has 0 spiro atoms. The lowest BCUT2D eigenvalue weighted by Crippen LogP contribution is -2.42. The topological polar surface area (TPSA) is 100 Å². The van der Waals surface area contributed by atoms with Gasteiger partial charge < -0.3 is 15.5 Å². The number of aliphatic hydroxyl groups is 2. The highest BCUT2D eigenvalue weighted by Gasteiger charge is 2.32. The molecule has 5 rings (SSSR count). The van der Waals surface area contributed by atoms with Crippen molar-refractivity contribution in [2.24, 2.45) is 7.05 Å². The summed E-state index contributed by atoms with van der Waals surface area (Å²) in [6.07, 6.45) is 2.55. The largest absolute Gasteiger partial charge is 0.391 e. The van der Waals surface area contributed by atoms with Crippen molar-refractivity contribution in [2.75, 3.05) is 5.32 Å². The van der Waals surface area contributed by atoms with Gasteiger partial charge in [-0.1, -0.05) is 42.5 Å². The van der Waals surface area contributed by atoms with Crippen molar-refractivity contribution in [1.29, 1.82) is 0 Å². The Morgan fingerprint density at radius 1 is 1.09 bits per heavy atom. The van der Waals surface area contributed by atoms with Gasteiger partial charge in [-0.15, -0.1) is 0 Å². The summed E-state index contributed by atoms with van der Waals surface area (Å²) >= 11 is 0. The summed E-state index contributed by atoms with van der Waals surface area (Å²) in [5, 5.41) is 36.8. The number of nitrogens with zero attached hydrogens (tertiary/aromatic N) is 4. The Bertz CT molecular complexity index is 1230. The number of hydrogen-bond acceptors (Lipinski definition) is 6. The van der Waals surface area contributed by atoms with E-state index in [4.69, 9.17) is 5.10 Å². The van der Waals surface area contributed by atoms with Crippen molar-refractivity contribution in [3.8, 4) is 16.9 Å². The third-order valence-corrected chi connectivity index (χ3v) is 5.92. The molecule has 0 fully saturated rings. The first-order valence-electron chi connectivity index (χ1n) is 10.6. The van der Waals surface area contributed by atoms with Gasteiger partial charge >= 0.3 is 0 Å². The lowest BCUT2D eigenvalue weighted by Gasteiger charge is -2.24. The number of aryl methyl sites for hydroxylation is 1. The minimum absolute atomic E-state index is 0.361. The van der Waals surface area contributed by atoms with E-state index in [1.54, 1.807) is 15.6 Å². The standard InChI is InChI=1S/C24H26N6O2/c1-15-21(17-13-25-29(2)14-17)28-30(18-9-4-3-5-10-18)23(15)27-24(32)26-22-19-11-7-6-8-16(19)12-20(22)31/h3-11,13-14,20,22,24,26-27,31-32H,12H2,1-2H3/t20-,22-,24?/m1/s1. The Kier molecular flexibility index (Phi) is 5.26. The van der Waals surface area contributed by atoms with E-state index >= 15 is 0 Å². The minimum Gasteiger partial charge on any atom is -0.391 e. The number of nitrogens with one attached hydrogen (secondary N) is 2. The van der Waals surface area contributed by atoms with Crippen LogP contribution in [-0.2, 0) is 13.5 Å². The maximum atomic E-state index is 10.9. The highest BCUT2D eigenvalue weighted by molar-refractivity contribution is 5.69. The normalized spacial score (nSPS) is 18.5. The summed E-state index contributed by atoms with van der Waals surface area (Å²) in [6, 6.07) is 17.3. The fourth-order valence-electron chi connectivity index (χ4n) is 4.36. The van der Waals surface area contributed by atoms with E-state index in [-0.39, 0.29) is 6.04 Å². The van der Waals surface area contributed by atoms with E-state index in [0.29, 0.717) is 12.2 Å². The first kappa shape index (κ1) is 20.4. The third-order valence-electron chi connectivity index (χ3n) is 5.92. The number of benzene rings is 2. The van der Waals surface area contributed by atoms with E-state index in [9.17, 15) is 10.2 Å². The Hall–Kier alpha value is -3.46. The van der Waals surface area contributed by atoms with Crippen LogP contribution < -0.4 is 10.6 Å². The van der Waals surface area contributed by atoms with Gasteiger partial charge in [-0.3, -0.25) is 10.00 Å². The van der Waals surface area contributed by atoms with Crippen molar-refractivity contribution >= 4 is 5.82 Å². The zero-order valence-electron chi connectivity index (χ0n) is 18.0. The summed E-state index contributed by atoms with van der Waals surface area (Å²) in [7, 11) is 1.87. The van der Waals surface area contributed by atoms with Crippen LogP contribution in [0.3, 0.4) is 0 Å². The highest BCUT2D eigenvalue weighted by atomic mass is 16.3. The van der Waals surface area contributed by atoms with Crippen LogP contribution in [0.2, 0.25) is 0 Å². The second kappa shape index (κ2) is 8.23. The van der Waals surface area contributed by atoms with Gasteiger partial charge in [-0.2, -0.15) is 10.2 Å². The summed E-state index contributed by atoms with van der Waals surface area (Å²) in [4.78, 5) is 0. The molecule has 0 amide bonds. The van der Waals surface area contributed by atoms with Crippen LogP contribution >= 0.6 is 0 Å². The molecule has 2 aromatic heterocycles. The average Bonchev–Trinajstić information content (AvgIpc) is 3.45. The molecule has 1 aliphatic rings. The van der Waals surface area contributed by atoms with Crippen LogP contribution in [0, 0.1) is 6.92 Å². The van der Waals surface area contributed by atoms with E-state index in [1.807, 2.05) is 74.8 Å². The van der Waals surface area contributed by atoms with Crippen LogP contribution in [0.5, 0.6) is 0 Å². The van der Waals surface area contributed by atoms with Gasteiger partial charge in [0, 0.05) is 30.8 Å². The number of rotatable bonds is 6. The second-order valence-corrected chi connectivity index (χ2v) is 8.13. The van der Waals surface area contributed by atoms with Crippen molar-refractivity contribution < 1.29 is 10.2 Å². The molecule has 1 unspecified atom stereocenters. The number of anilines is 1. The molecular weight excluding hydrogens is 404 g/mol. The zero-order chi connectivity index (χ0) is 22.2. The summed E-state index contributed by atoms with van der Waals surface area (Å²) in [5.74, 6) is 0.663. The fourth-order valence-corrected chi connectivity index (χ4v) is 4.36. The van der Waals surface area contributed by atoms with Crippen LogP contribution in [0.1, 0.15) is 22.7 Å². The van der Waals surface area contributed by atoms with E-state index in [0.717, 1.165) is 33.6 Å². The SMILES string of the molecule is Cc1c(-c2cnn(C)c2)nn(-c2ccccc2)c1NC(O)N[C@@H]1c2ccccc2C[C@H]1O. The predicted molar refractivity (Wildman–Crippen MR) is 122 cm³/mol. The molecule has 32 heavy (non-hydrogen) atoms. The number of hydrogen-bond donors (Lipinski definition) is 4. The molecule has 0 aliphatic heterocycles. The Morgan fingerprint density at radius 3 is 2.59 bits per heavy atom. The second-order valence-electron chi connectivity index (χ2n) is 8.13. The molecule has 3 atom stereocenters. The van der Waals surface area contributed by atoms with Gasteiger partial charge in [0.25, 0.3) is 0 Å². The lowest BCUT2D eigenvalue weighted by atomic mass is 10.1. The van der Waals surface area contributed by atoms with Gasteiger partial charge in [-0.25, -0.2) is 4.68 Å². The van der Waals surface area contributed by atoms with Gasteiger partial charge in [0.1, 0.15) is 11.5 Å². The Balaban J connectivity index is 1.47. The van der Waals surface area contributed by atoms with E-state index < -0.39 is 12.5 Å². The van der Waals surface area contributed by atoms with Crippen LogP contribution in [0.15, 0.2) is 67.0 Å². The molecule has 2 heterocycles. The summed E-state index contributed by atoms with van der Waals surface area (Å²) in [6.45, 7) is 1.96. The van der Waals surface area contributed by atoms with Crippen molar-refractivity contribution in [1.82, 2.24) is 24.9 Å². The smallest absolute Gasteiger partial charge is 0.183 e. The monoisotopic (exact) mass is 430 g/mol. The molecular formula is C24H26N6O2. The van der Waals surface area contributed by atoms with Gasteiger partial charge in [0.15, 0.2) is 6.35 Å². The molecule has 0 radical (unpaired) electrons. The highest BCUT2D eigenvalue weighted by Crippen LogP contribution is 2.33. The molecule has 8 nitrogen and oxygen atoms in total. The molecule has 2 aromatic carbocycles. The first-order valence-corrected chi connectivity index (χ1v) is 10.6. The molecule has 4 N–H and O–H groups in total. The van der Waals surface area contributed by atoms with Crippen molar-refractivity contribution in [2.45, 2.75) is 31.8 Å². The maximum Gasteiger partial charge on any atom is 0.183 e. The summed E-state index contributed by atoms with van der Waals surface area (Å²) < 4.78 is 3.51. The van der Waals surface area contributed by atoms with Crippen molar-refractivity contribution in [3.63, 3.8) is 0 Å². The van der Waals surface area contributed by atoms with Crippen LogP contribution in [0.25, 0.3) is 16.9 Å². The molecule has 0 bridgehead atoms. The predicted octanol–water partition coefficient (Wildman–Crippen LogP) is 2.52. The summed E-state index contributed by atoms with van der Waals surface area (Å²) in [5.41, 5.74) is 5.52. The molecule has 8 heteroatoms. The number of aromatic nitrogens is 4. The molecule has 4 aromatic rings. The van der Waals surface area contributed by atoms with Gasteiger partial charge in [0.2, 0.25) is 0 Å². The molecule has 0 saturated carbocycles. The zero-order valence-corrected chi connectivity index (χ0v) is 18.0. The Morgan fingerprint density at radius 2 is 1.84 bits per heavy atom. The van der Waals surface area contributed by atoms with E-state index in [2.05, 4.69) is 15.7 Å². The molecule has 164 valence electrons. The average molecular weight is 431 g/mol. The lowest BCUT2D eigenvalue weighted by molar-refractivity contribution is 0.0869. The fraction of sp³-hybridized carbons (Fsp3) is 0.250. The van der Waals surface area contributed by atoms with Crippen LogP contribution in [-0.4, -0.2) is 42.2 Å². The number of para-hydroxylation sites is 1. The third kappa shape index (κ3) is 3.69. The van der Waals surface area contributed by atoms with Gasteiger partial charge in [0.05, 0.1) is 24.0 Å². The molecule has 0 saturated heterocycles. The quantitative estimate of drug-likeness (QED) is 0.351. The van der Waals surface area contributed by atoms with Crippen LogP contribution in [0.4, 0.5) is 5.82 Å². The number of fused-ring (bicyclic) bond motifs is 1. The number of aliphatic hydroxyl groups excluding tert-OH is 2. The Labute approximate surface area is 186 Å². The first-order chi connectivity index (χ1) is 15.5. The minimum atomic E-state index is -1.10. The molecule has 1 aliphatic carbocycles. The van der Waals surface area contributed by atoms with Gasteiger partial charge in [-0.05, 0) is 30.2 Å². The maximum absolute atomic E-state index is 10.9. The van der Waals surface area contributed by atoms with Crippen molar-refractivity contribution in [3.05, 3.63) is 83.7 Å².